The number of anilines is 2. The first kappa shape index (κ1) is 11.6. The lowest BCUT2D eigenvalue weighted by Crippen LogP contribution is -2.28. The first-order valence-corrected chi connectivity index (χ1v) is 5.46. The first-order chi connectivity index (χ1) is 8.09. The summed E-state index contributed by atoms with van der Waals surface area (Å²) in [4.78, 5) is 18.8. The fourth-order valence-corrected chi connectivity index (χ4v) is 2.18. The van der Waals surface area contributed by atoms with E-state index < -0.39 is 5.97 Å². The van der Waals surface area contributed by atoms with Crippen LogP contribution in [0.1, 0.15) is 34.8 Å². The average Bonchev–Trinajstić information content (AvgIpc) is 2.29. The molecule has 0 aromatic carbocycles. The molecule has 0 spiro atoms. The summed E-state index contributed by atoms with van der Waals surface area (Å²) in [6, 6.07) is 0. The van der Waals surface area contributed by atoms with Gasteiger partial charge in [0.25, 0.3) is 0 Å². The minimum absolute atomic E-state index is 0.0677. The molecular formula is C10H15N5O2. The monoisotopic (exact) mass is 237 g/mol. The Balaban J connectivity index is 2.46. The maximum atomic E-state index is 11.2. The molecule has 92 valence electrons. The van der Waals surface area contributed by atoms with Gasteiger partial charge in [-0.25, -0.2) is 9.78 Å². The summed E-state index contributed by atoms with van der Waals surface area (Å²) in [5, 5.41) is 12.3. The van der Waals surface area contributed by atoms with Crippen LogP contribution in [0.3, 0.4) is 0 Å². The molecule has 0 atom stereocenters. The summed E-state index contributed by atoms with van der Waals surface area (Å²) in [5.41, 5.74) is 11.6. The van der Waals surface area contributed by atoms with Crippen molar-refractivity contribution in [3.63, 3.8) is 0 Å². The third-order valence-corrected chi connectivity index (χ3v) is 2.94. The van der Waals surface area contributed by atoms with Crippen LogP contribution in [0.4, 0.5) is 11.8 Å². The van der Waals surface area contributed by atoms with E-state index in [1.165, 1.54) is 0 Å². The molecule has 1 aromatic rings. The number of piperidine rings is 1. The minimum atomic E-state index is -1.11. The zero-order valence-corrected chi connectivity index (χ0v) is 9.31. The zero-order valence-electron chi connectivity index (χ0n) is 9.31. The van der Waals surface area contributed by atoms with Crippen LogP contribution < -0.4 is 16.8 Å². The Hall–Kier alpha value is -1.89. The smallest absolute Gasteiger partial charge is 0.355 e. The Morgan fingerprint density at radius 2 is 1.94 bits per heavy atom. The van der Waals surface area contributed by atoms with E-state index in [0.29, 0.717) is 5.56 Å². The number of carbonyl (C=O) groups is 1. The number of hydrogen-bond acceptors (Lipinski definition) is 6. The summed E-state index contributed by atoms with van der Waals surface area (Å²) < 4.78 is 0. The van der Waals surface area contributed by atoms with Crippen molar-refractivity contribution in [1.82, 2.24) is 15.3 Å². The number of rotatable bonds is 2. The highest BCUT2D eigenvalue weighted by molar-refractivity contribution is 5.89. The van der Waals surface area contributed by atoms with Crippen molar-refractivity contribution in [2.75, 3.05) is 24.6 Å². The standard InChI is InChI=1S/C10H15N5O2/c11-8-6(5-1-3-13-4-2-5)7(9(16)17)14-10(12)15-8/h5,13H,1-4H2,(H,16,17)(H4,11,12,14,15). The highest BCUT2D eigenvalue weighted by Crippen LogP contribution is 2.31. The molecule has 6 N–H and O–H groups in total. The molecule has 0 bridgehead atoms. The lowest BCUT2D eigenvalue weighted by Gasteiger charge is -2.24. The number of carboxylic acid groups (broad SMARTS) is 1. The molecule has 0 unspecified atom stereocenters. The van der Waals surface area contributed by atoms with Crippen molar-refractivity contribution in [2.24, 2.45) is 0 Å². The summed E-state index contributed by atoms with van der Waals surface area (Å²) in [6.45, 7) is 1.68. The van der Waals surface area contributed by atoms with E-state index >= 15 is 0 Å². The Bertz CT molecular complexity index is 443. The van der Waals surface area contributed by atoms with E-state index in [0.717, 1.165) is 25.9 Å². The van der Waals surface area contributed by atoms with Crippen LogP contribution in [-0.2, 0) is 0 Å². The van der Waals surface area contributed by atoms with Crippen molar-refractivity contribution >= 4 is 17.7 Å². The van der Waals surface area contributed by atoms with Crippen LogP contribution in [-0.4, -0.2) is 34.1 Å². The highest BCUT2D eigenvalue weighted by Gasteiger charge is 2.26. The van der Waals surface area contributed by atoms with E-state index in [4.69, 9.17) is 16.6 Å². The number of nitrogens with one attached hydrogen (secondary N) is 1. The molecule has 1 aliphatic heterocycles. The van der Waals surface area contributed by atoms with Gasteiger partial charge in [-0.05, 0) is 31.8 Å². The van der Waals surface area contributed by atoms with Gasteiger partial charge in [0, 0.05) is 5.56 Å². The lowest BCUT2D eigenvalue weighted by atomic mass is 9.89. The Morgan fingerprint density at radius 1 is 1.29 bits per heavy atom. The summed E-state index contributed by atoms with van der Waals surface area (Å²) in [6.07, 6.45) is 1.66. The molecule has 1 aliphatic rings. The van der Waals surface area contributed by atoms with E-state index in [-0.39, 0.29) is 23.4 Å². The Kier molecular flexibility index (Phi) is 3.10. The third-order valence-electron chi connectivity index (χ3n) is 2.94. The van der Waals surface area contributed by atoms with Crippen molar-refractivity contribution < 1.29 is 9.90 Å². The van der Waals surface area contributed by atoms with Gasteiger partial charge in [-0.15, -0.1) is 0 Å². The third kappa shape index (κ3) is 2.28. The molecule has 0 aliphatic carbocycles. The molecule has 0 amide bonds. The van der Waals surface area contributed by atoms with Gasteiger partial charge in [0.15, 0.2) is 5.69 Å². The van der Waals surface area contributed by atoms with Crippen LogP contribution in [0.5, 0.6) is 0 Å². The van der Waals surface area contributed by atoms with Crippen LogP contribution in [0.25, 0.3) is 0 Å². The van der Waals surface area contributed by atoms with Gasteiger partial charge in [-0.1, -0.05) is 0 Å². The number of nitrogens with two attached hydrogens (primary N) is 2. The second kappa shape index (κ2) is 4.54. The first-order valence-electron chi connectivity index (χ1n) is 5.46. The molecule has 1 saturated heterocycles. The molecule has 7 nitrogen and oxygen atoms in total. The second-order valence-electron chi connectivity index (χ2n) is 4.06. The largest absolute Gasteiger partial charge is 0.476 e. The van der Waals surface area contributed by atoms with Crippen molar-refractivity contribution in [3.05, 3.63) is 11.3 Å². The highest BCUT2D eigenvalue weighted by atomic mass is 16.4. The summed E-state index contributed by atoms with van der Waals surface area (Å²) >= 11 is 0. The Morgan fingerprint density at radius 3 is 2.53 bits per heavy atom. The van der Waals surface area contributed by atoms with Gasteiger partial charge in [0.2, 0.25) is 5.95 Å². The van der Waals surface area contributed by atoms with Gasteiger partial charge in [-0.3, -0.25) is 0 Å². The number of nitrogens with zero attached hydrogens (tertiary/aromatic N) is 2. The van der Waals surface area contributed by atoms with Gasteiger partial charge in [0.1, 0.15) is 5.82 Å². The van der Waals surface area contributed by atoms with Gasteiger partial charge in [-0.2, -0.15) is 4.98 Å². The molecule has 1 fully saturated rings. The minimum Gasteiger partial charge on any atom is -0.476 e. The topological polar surface area (TPSA) is 127 Å². The maximum absolute atomic E-state index is 11.2. The zero-order chi connectivity index (χ0) is 12.4. The van der Waals surface area contributed by atoms with E-state index in [1.54, 1.807) is 0 Å². The number of aromatic carboxylic acids is 1. The van der Waals surface area contributed by atoms with Crippen LogP contribution in [0.15, 0.2) is 0 Å². The number of aromatic nitrogens is 2. The fourth-order valence-electron chi connectivity index (χ4n) is 2.18. The molecule has 7 heteroatoms. The number of hydrogen-bond donors (Lipinski definition) is 4. The SMILES string of the molecule is Nc1nc(N)c(C2CCNCC2)c(C(=O)O)n1. The predicted molar refractivity (Wildman–Crippen MR) is 62.7 cm³/mol. The van der Waals surface area contributed by atoms with Gasteiger partial charge in [0.05, 0.1) is 0 Å². The number of carboxylic acids is 1. The average molecular weight is 237 g/mol. The molecule has 2 rings (SSSR count). The quantitative estimate of drug-likeness (QED) is 0.561. The van der Waals surface area contributed by atoms with Crippen LogP contribution in [0, 0.1) is 0 Å². The van der Waals surface area contributed by atoms with Crippen LogP contribution >= 0.6 is 0 Å². The normalized spacial score (nSPS) is 16.9. The molecule has 0 saturated carbocycles. The van der Waals surface area contributed by atoms with Crippen molar-refractivity contribution in [2.45, 2.75) is 18.8 Å². The second-order valence-corrected chi connectivity index (χ2v) is 4.06. The number of nitrogen functional groups attached to an aromatic ring is 2. The van der Waals surface area contributed by atoms with Gasteiger partial charge < -0.3 is 21.9 Å². The van der Waals surface area contributed by atoms with E-state index in [9.17, 15) is 4.79 Å². The van der Waals surface area contributed by atoms with Crippen molar-refractivity contribution in [1.29, 1.82) is 0 Å². The molecule has 2 heterocycles. The molecule has 17 heavy (non-hydrogen) atoms. The van der Waals surface area contributed by atoms with Crippen molar-refractivity contribution in [3.8, 4) is 0 Å². The molecule has 0 radical (unpaired) electrons. The Labute approximate surface area is 98.2 Å². The van der Waals surface area contributed by atoms with E-state index in [2.05, 4.69) is 15.3 Å². The summed E-state index contributed by atoms with van der Waals surface area (Å²) in [5.74, 6) is -0.943. The van der Waals surface area contributed by atoms with Crippen LogP contribution in [0.2, 0.25) is 0 Å². The molecule has 1 aromatic heterocycles. The maximum Gasteiger partial charge on any atom is 0.355 e. The fraction of sp³-hybridized carbons (Fsp3) is 0.500. The van der Waals surface area contributed by atoms with E-state index in [1.807, 2.05) is 0 Å². The lowest BCUT2D eigenvalue weighted by molar-refractivity contribution is 0.0688. The molecular weight excluding hydrogens is 222 g/mol. The van der Waals surface area contributed by atoms with Gasteiger partial charge >= 0.3 is 5.97 Å². The summed E-state index contributed by atoms with van der Waals surface area (Å²) in [7, 11) is 0. The predicted octanol–water partition coefficient (Wildman–Crippen LogP) is -0.194.